The van der Waals surface area contributed by atoms with Gasteiger partial charge < -0.3 is 0 Å². The Kier molecular flexibility index (Phi) is 3.76. The van der Waals surface area contributed by atoms with E-state index >= 15 is 0 Å². The zero-order valence-corrected chi connectivity index (χ0v) is 15.6. The number of hydrogen-bond donors (Lipinski definition) is 0. The predicted octanol–water partition coefficient (Wildman–Crippen LogP) is 3.07. The molecule has 1 aromatic carbocycles. The van der Waals surface area contributed by atoms with Gasteiger partial charge in [-0.3, -0.25) is 24.2 Å². The Balaban J connectivity index is 1.44. The van der Waals surface area contributed by atoms with E-state index in [1.54, 1.807) is 0 Å². The van der Waals surface area contributed by atoms with Crippen LogP contribution in [0.3, 0.4) is 0 Å². The second kappa shape index (κ2) is 5.93. The number of carbonyl (C=O) groups is 3. The molecule has 5 nitrogen and oxygen atoms in total. The fourth-order valence-corrected chi connectivity index (χ4v) is 5.51. The normalized spacial score (nSPS) is 34.3. The van der Waals surface area contributed by atoms with Gasteiger partial charge in [0.25, 0.3) is 0 Å². The van der Waals surface area contributed by atoms with Crippen molar-refractivity contribution >= 4 is 23.4 Å². The zero-order chi connectivity index (χ0) is 20.7. The molecule has 2 bridgehead atoms. The lowest BCUT2D eigenvalue weighted by atomic mass is 9.63. The zero-order valence-electron chi connectivity index (χ0n) is 15.6. The van der Waals surface area contributed by atoms with Crippen molar-refractivity contribution < 1.29 is 27.6 Å². The van der Waals surface area contributed by atoms with Gasteiger partial charge >= 0.3 is 6.18 Å². The van der Waals surface area contributed by atoms with Gasteiger partial charge in [0.2, 0.25) is 17.7 Å². The van der Waals surface area contributed by atoms with Crippen LogP contribution in [-0.2, 0) is 20.6 Å². The van der Waals surface area contributed by atoms with Crippen LogP contribution >= 0.6 is 0 Å². The molecule has 3 fully saturated rings. The number of nitrogens with zero attached hydrogens (tertiary/aromatic N) is 2. The summed E-state index contributed by atoms with van der Waals surface area (Å²) in [4.78, 5) is 40.5. The molecular formula is C21H19F3N2O3. The Bertz CT molecular complexity index is 921. The minimum Gasteiger partial charge on any atom is -0.294 e. The molecule has 4 aliphatic carbocycles. The third-order valence-corrected chi connectivity index (χ3v) is 6.90. The highest BCUT2D eigenvalue weighted by molar-refractivity contribution is 6.07. The third-order valence-electron chi connectivity index (χ3n) is 6.90. The van der Waals surface area contributed by atoms with Crippen LogP contribution in [0, 0.1) is 35.5 Å². The van der Waals surface area contributed by atoms with Crippen molar-refractivity contribution in [3.05, 3.63) is 42.0 Å². The molecule has 152 valence electrons. The molecule has 6 rings (SSSR count). The van der Waals surface area contributed by atoms with Crippen LogP contribution in [0.1, 0.15) is 18.9 Å². The van der Waals surface area contributed by atoms with Gasteiger partial charge in [0.15, 0.2) is 0 Å². The molecule has 1 heterocycles. The first-order valence-electron chi connectivity index (χ1n) is 9.67. The maximum atomic E-state index is 13.1. The van der Waals surface area contributed by atoms with Gasteiger partial charge in [0.1, 0.15) is 6.67 Å². The van der Waals surface area contributed by atoms with E-state index in [9.17, 15) is 27.6 Å². The van der Waals surface area contributed by atoms with Crippen molar-refractivity contribution in [1.29, 1.82) is 0 Å². The number of hydrogen-bond acceptors (Lipinski definition) is 3. The van der Waals surface area contributed by atoms with E-state index in [0.717, 1.165) is 28.4 Å². The van der Waals surface area contributed by atoms with Crippen molar-refractivity contribution in [2.24, 2.45) is 35.5 Å². The van der Waals surface area contributed by atoms with Crippen molar-refractivity contribution in [2.45, 2.75) is 19.5 Å². The molecule has 8 heteroatoms. The Morgan fingerprint density at radius 3 is 2.21 bits per heavy atom. The van der Waals surface area contributed by atoms with Gasteiger partial charge in [-0.05, 0) is 48.3 Å². The lowest BCUT2D eigenvalue weighted by Crippen LogP contribution is -2.44. The van der Waals surface area contributed by atoms with Crippen molar-refractivity contribution in [3.8, 4) is 0 Å². The van der Waals surface area contributed by atoms with Crippen LogP contribution in [0.2, 0.25) is 0 Å². The number of halogens is 3. The van der Waals surface area contributed by atoms with Gasteiger partial charge in [0.05, 0.1) is 17.4 Å². The number of imide groups is 1. The summed E-state index contributed by atoms with van der Waals surface area (Å²) in [5, 5.41) is 0. The summed E-state index contributed by atoms with van der Waals surface area (Å²) in [6, 6.07) is 4.35. The monoisotopic (exact) mass is 404 g/mol. The summed E-state index contributed by atoms with van der Waals surface area (Å²) in [6.07, 6.45) is 0.576. The maximum Gasteiger partial charge on any atom is 0.416 e. The maximum absolute atomic E-state index is 13.1. The van der Waals surface area contributed by atoms with Crippen molar-refractivity contribution in [3.63, 3.8) is 0 Å². The fourth-order valence-electron chi connectivity index (χ4n) is 5.51. The molecule has 0 aromatic heterocycles. The summed E-state index contributed by atoms with van der Waals surface area (Å²) in [5.41, 5.74) is -0.886. The molecule has 1 aromatic rings. The summed E-state index contributed by atoms with van der Waals surface area (Å²) in [7, 11) is 0. The quantitative estimate of drug-likeness (QED) is 0.575. The minimum atomic E-state index is -4.56. The van der Waals surface area contributed by atoms with Gasteiger partial charge in [-0.15, -0.1) is 0 Å². The number of rotatable bonds is 3. The van der Waals surface area contributed by atoms with Crippen LogP contribution in [0.4, 0.5) is 18.9 Å². The number of carbonyl (C=O) groups excluding carboxylic acids is 3. The first kappa shape index (κ1) is 18.4. The molecule has 6 atom stereocenters. The Morgan fingerprint density at radius 1 is 1.10 bits per heavy atom. The molecule has 0 N–H and O–H groups in total. The van der Waals surface area contributed by atoms with Crippen LogP contribution in [0.15, 0.2) is 36.4 Å². The third kappa shape index (κ3) is 2.64. The lowest BCUT2D eigenvalue weighted by Gasteiger charge is -2.37. The number of anilines is 1. The SMILES string of the molecule is CC(=O)N(CN1C(=O)[C@@H]2[C@@H]3C=C[C@H]([C@H]4C[C@H]34)[C@@H]2C1=O)c1cccc(C(F)(F)F)c1. The average molecular weight is 404 g/mol. The van der Waals surface area contributed by atoms with E-state index in [1.165, 1.54) is 19.1 Å². The summed E-state index contributed by atoms with van der Waals surface area (Å²) in [5.74, 6) is -0.972. The van der Waals surface area contributed by atoms with Gasteiger partial charge in [-0.25, -0.2) is 0 Å². The minimum absolute atomic E-state index is 0.00624. The van der Waals surface area contributed by atoms with Crippen LogP contribution < -0.4 is 4.90 Å². The highest BCUT2D eigenvalue weighted by Gasteiger charge is 2.67. The fraction of sp³-hybridized carbons (Fsp3) is 0.476. The molecule has 0 unspecified atom stereocenters. The van der Waals surface area contributed by atoms with Crippen molar-refractivity contribution in [1.82, 2.24) is 4.90 Å². The van der Waals surface area contributed by atoms with Gasteiger partial charge in [0, 0.05) is 12.6 Å². The molecule has 3 amide bonds. The number of alkyl halides is 3. The van der Waals surface area contributed by atoms with Crippen LogP contribution in [0.5, 0.6) is 0 Å². The molecule has 5 aliphatic rings. The lowest BCUT2D eigenvalue weighted by molar-refractivity contribution is -0.141. The molecule has 1 saturated heterocycles. The number of likely N-dealkylation sites (tertiary alicyclic amines) is 1. The summed E-state index contributed by atoms with van der Waals surface area (Å²) in [6.45, 7) is 0.842. The highest BCUT2D eigenvalue weighted by Crippen LogP contribution is 2.65. The standard InChI is InChI=1S/C21H19F3N2O3/c1-10(27)25(12-4-2-3-11(7-12)21(22,23)24)9-26-19(28)17-13-5-6-14(16-8-15(13)16)18(17)20(26)29/h2-7,13-18H,8-9H2,1H3/t13-,14-,15-,16-,17-,18+/m1/s1. The summed E-state index contributed by atoms with van der Waals surface area (Å²) >= 11 is 0. The van der Waals surface area contributed by atoms with E-state index in [1.807, 2.05) is 12.2 Å². The highest BCUT2D eigenvalue weighted by atomic mass is 19.4. The Morgan fingerprint density at radius 2 is 1.69 bits per heavy atom. The Labute approximate surface area is 165 Å². The second-order valence-corrected chi connectivity index (χ2v) is 8.40. The topological polar surface area (TPSA) is 57.7 Å². The van der Waals surface area contributed by atoms with E-state index in [2.05, 4.69) is 0 Å². The number of allylic oxidation sites excluding steroid dienone is 2. The molecule has 29 heavy (non-hydrogen) atoms. The van der Waals surface area contributed by atoms with Gasteiger partial charge in [-0.2, -0.15) is 13.2 Å². The van der Waals surface area contributed by atoms with Crippen LogP contribution in [0.25, 0.3) is 0 Å². The number of benzene rings is 1. The van der Waals surface area contributed by atoms with Crippen molar-refractivity contribution in [2.75, 3.05) is 11.6 Å². The average Bonchev–Trinajstić information content (AvgIpc) is 3.45. The first-order chi connectivity index (χ1) is 13.7. The molecular weight excluding hydrogens is 385 g/mol. The molecule has 1 aliphatic heterocycles. The smallest absolute Gasteiger partial charge is 0.294 e. The Hall–Kier alpha value is -2.64. The van der Waals surface area contributed by atoms with Gasteiger partial charge in [-0.1, -0.05) is 18.2 Å². The molecule has 2 saturated carbocycles. The first-order valence-corrected chi connectivity index (χ1v) is 9.67. The van der Waals surface area contributed by atoms with E-state index in [-0.39, 0.29) is 36.0 Å². The molecule has 0 radical (unpaired) electrons. The van der Waals surface area contributed by atoms with E-state index < -0.39 is 29.5 Å². The molecule has 0 spiro atoms. The van der Waals surface area contributed by atoms with Crippen LogP contribution in [-0.4, -0.2) is 29.3 Å². The van der Waals surface area contributed by atoms with E-state index in [0.29, 0.717) is 11.8 Å². The number of amides is 3. The second-order valence-electron chi connectivity index (χ2n) is 8.40. The predicted molar refractivity (Wildman–Crippen MR) is 96.0 cm³/mol. The largest absolute Gasteiger partial charge is 0.416 e. The summed E-state index contributed by atoms with van der Waals surface area (Å²) < 4.78 is 39.2. The van der Waals surface area contributed by atoms with E-state index in [4.69, 9.17) is 0 Å².